The molecular formula is C22H20N2. The van der Waals surface area contributed by atoms with Crippen LogP contribution < -0.4 is 0 Å². The summed E-state index contributed by atoms with van der Waals surface area (Å²) in [6.45, 7) is 2.02. The number of hydrogen-bond acceptors (Lipinski definition) is 2. The number of fused-ring (bicyclic) bond motifs is 1. The van der Waals surface area contributed by atoms with Crippen molar-refractivity contribution in [3.8, 4) is 6.07 Å². The van der Waals surface area contributed by atoms with Gasteiger partial charge in [-0.1, -0.05) is 54.6 Å². The van der Waals surface area contributed by atoms with E-state index in [-0.39, 0.29) is 0 Å². The van der Waals surface area contributed by atoms with Gasteiger partial charge in [-0.2, -0.15) is 5.26 Å². The molecule has 1 unspecified atom stereocenters. The number of hydrogen-bond donors (Lipinski definition) is 0. The lowest BCUT2D eigenvalue weighted by Gasteiger charge is -2.26. The van der Waals surface area contributed by atoms with E-state index in [1.54, 1.807) is 0 Å². The zero-order valence-electron chi connectivity index (χ0n) is 13.7. The van der Waals surface area contributed by atoms with Crippen LogP contribution in [-0.2, 0) is 6.54 Å². The maximum atomic E-state index is 9.11. The molecule has 0 spiro atoms. The van der Waals surface area contributed by atoms with Crippen LogP contribution in [0.4, 0.5) is 0 Å². The Hall–Kier alpha value is -2.63. The average molecular weight is 312 g/mol. The maximum absolute atomic E-state index is 9.11. The zero-order chi connectivity index (χ0) is 16.4. The predicted molar refractivity (Wildman–Crippen MR) is 97.5 cm³/mol. The molecule has 0 radical (unpaired) electrons. The molecule has 0 bridgehead atoms. The van der Waals surface area contributed by atoms with Crippen LogP contribution in [0.25, 0.3) is 10.8 Å². The number of rotatable bonds is 3. The predicted octanol–water partition coefficient (Wildman–Crippen LogP) is 5.05. The van der Waals surface area contributed by atoms with Gasteiger partial charge in [0, 0.05) is 12.6 Å². The first-order valence-electron chi connectivity index (χ1n) is 8.56. The van der Waals surface area contributed by atoms with Crippen LogP contribution in [0.5, 0.6) is 0 Å². The van der Waals surface area contributed by atoms with Crippen LogP contribution in [0, 0.1) is 11.3 Å². The van der Waals surface area contributed by atoms with Crippen LogP contribution in [0.15, 0.2) is 66.7 Å². The van der Waals surface area contributed by atoms with E-state index in [9.17, 15) is 0 Å². The maximum Gasteiger partial charge on any atom is 0.0991 e. The van der Waals surface area contributed by atoms with E-state index in [2.05, 4.69) is 59.5 Å². The fourth-order valence-corrected chi connectivity index (χ4v) is 3.88. The van der Waals surface area contributed by atoms with E-state index in [1.165, 1.54) is 34.7 Å². The zero-order valence-corrected chi connectivity index (χ0v) is 13.7. The van der Waals surface area contributed by atoms with Gasteiger partial charge < -0.3 is 0 Å². The largest absolute Gasteiger partial charge is 0.292 e. The minimum atomic E-state index is 0.460. The van der Waals surface area contributed by atoms with Crippen LogP contribution in [0.1, 0.15) is 35.6 Å². The number of nitriles is 1. The molecule has 1 heterocycles. The molecule has 1 aliphatic heterocycles. The Kier molecular flexibility index (Phi) is 4.02. The molecule has 3 aromatic carbocycles. The Morgan fingerprint density at radius 2 is 1.83 bits per heavy atom. The molecule has 0 aliphatic carbocycles. The highest BCUT2D eigenvalue weighted by Gasteiger charge is 2.27. The Morgan fingerprint density at radius 1 is 1.00 bits per heavy atom. The third-order valence-corrected chi connectivity index (χ3v) is 4.99. The van der Waals surface area contributed by atoms with Crippen molar-refractivity contribution in [3.05, 3.63) is 83.4 Å². The molecule has 24 heavy (non-hydrogen) atoms. The van der Waals surface area contributed by atoms with Gasteiger partial charge in [-0.15, -0.1) is 0 Å². The SMILES string of the molecule is N#Cc1cccc(CN2CCCC2c2cccc3ccccc23)c1. The minimum absolute atomic E-state index is 0.460. The topological polar surface area (TPSA) is 27.0 Å². The summed E-state index contributed by atoms with van der Waals surface area (Å²) < 4.78 is 0. The Balaban J connectivity index is 1.66. The van der Waals surface area contributed by atoms with Gasteiger partial charge in [-0.05, 0) is 53.4 Å². The van der Waals surface area contributed by atoms with E-state index in [1.807, 2.05) is 18.2 Å². The van der Waals surface area contributed by atoms with Crippen molar-refractivity contribution >= 4 is 10.8 Å². The highest BCUT2D eigenvalue weighted by atomic mass is 15.2. The van der Waals surface area contributed by atoms with Gasteiger partial charge in [0.05, 0.1) is 11.6 Å². The van der Waals surface area contributed by atoms with Crippen molar-refractivity contribution in [2.24, 2.45) is 0 Å². The lowest BCUT2D eigenvalue weighted by molar-refractivity contribution is 0.250. The summed E-state index contributed by atoms with van der Waals surface area (Å²) >= 11 is 0. The quantitative estimate of drug-likeness (QED) is 0.677. The molecule has 1 saturated heterocycles. The van der Waals surface area contributed by atoms with E-state index >= 15 is 0 Å². The van der Waals surface area contributed by atoms with Gasteiger partial charge >= 0.3 is 0 Å². The second-order valence-electron chi connectivity index (χ2n) is 6.51. The number of likely N-dealkylation sites (tertiary alicyclic amines) is 1. The van der Waals surface area contributed by atoms with Crippen molar-refractivity contribution in [3.63, 3.8) is 0 Å². The van der Waals surface area contributed by atoms with Crippen LogP contribution >= 0.6 is 0 Å². The fourth-order valence-electron chi connectivity index (χ4n) is 3.88. The summed E-state index contributed by atoms with van der Waals surface area (Å²) in [7, 11) is 0. The first kappa shape index (κ1) is 14.9. The van der Waals surface area contributed by atoms with Gasteiger partial charge in [0.15, 0.2) is 0 Å². The van der Waals surface area contributed by atoms with Gasteiger partial charge in [0.2, 0.25) is 0 Å². The molecule has 4 rings (SSSR count). The molecule has 0 N–H and O–H groups in total. The average Bonchev–Trinajstić information content (AvgIpc) is 3.09. The van der Waals surface area contributed by atoms with Crippen molar-refractivity contribution < 1.29 is 0 Å². The third kappa shape index (κ3) is 2.79. The molecule has 0 amide bonds. The normalized spacial score (nSPS) is 17.9. The lowest BCUT2D eigenvalue weighted by Crippen LogP contribution is -2.23. The monoisotopic (exact) mass is 312 g/mol. The number of benzene rings is 3. The van der Waals surface area contributed by atoms with Crippen LogP contribution in [0.2, 0.25) is 0 Å². The van der Waals surface area contributed by atoms with Crippen LogP contribution in [0.3, 0.4) is 0 Å². The first-order chi connectivity index (χ1) is 11.8. The van der Waals surface area contributed by atoms with Crippen molar-refractivity contribution in [1.82, 2.24) is 4.90 Å². The smallest absolute Gasteiger partial charge is 0.0991 e. The van der Waals surface area contributed by atoms with E-state index in [4.69, 9.17) is 5.26 Å². The molecular weight excluding hydrogens is 292 g/mol. The number of nitrogens with zero attached hydrogens (tertiary/aromatic N) is 2. The van der Waals surface area contributed by atoms with Crippen molar-refractivity contribution in [2.75, 3.05) is 6.54 Å². The standard InChI is InChI=1S/C22H20N2/c23-15-17-6-3-7-18(14-17)16-24-13-5-12-22(24)21-11-4-9-19-8-1-2-10-20(19)21/h1-4,6-11,14,22H,5,12-13,16H2. The summed E-state index contributed by atoms with van der Waals surface area (Å²) in [5.74, 6) is 0. The minimum Gasteiger partial charge on any atom is -0.292 e. The molecule has 1 atom stereocenters. The molecule has 0 aromatic heterocycles. The van der Waals surface area contributed by atoms with E-state index in [0.717, 1.165) is 18.7 Å². The summed E-state index contributed by atoms with van der Waals surface area (Å²) in [5, 5.41) is 11.8. The Morgan fingerprint density at radius 3 is 2.75 bits per heavy atom. The molecule has 1 aliphatic rings. The van der Waals surface area contributed by atoms with Gasteiger partial charge in [-0.25, -0.2) is 0 Å². The third-order valence-electron chi connectivity index (χ3n) is 4.99. The molecule has 0 saturated carbocycles. The second kappa shape index (κ2) is 6.47. The Bertz CT molecular complexity index is 902. The fraction of sp³-hybridized carbons (Fsp3) is 0.227. The molecule has 3 aromatic rings. The highest BCUT2D eigenvalue weighted by molar-refractivity contribution is 5.86. The van der Waals surface area contributed by atoms with Gasteiger partial charge in [0.1, 0.15) is 0 Å². The summed E-state index contributed by atoms with van der Waals surface area (Å²) in [6.07, 6.45) is 2.43. The second-order valence-corrected chi connectivity index (χ2v) is 6.51. The summed E-state index contributed by atoms with van der Waals surface area (Å²) in [6, 6.07) is 26.0. The van der Waals surface area contributed by atoms with Crippen molar-refractivity contribution in [1.29, 1.82) is 5.26 Å². The summed E-state index contributed by atoms with van der Waals surface area (Å²) in [4.78, 5) is 2.55. The van der Waals surface area contributed by atoms with E-state index < -0.39 is 0 Å². The van der Waals surface area contributed by atoms with Crippen molar-refractivity contribution in [2.45, 2.75) is 25.4 Å². The Labute approximate surface area is 143 Å². The van der Waals surface area contributed by atoms with Crippen LogP contribution in [-0.4, -0.2) is 11.4 Å². The first-order valence-corrected chi connectivity index (χ1v) is 8.56. The van der Waals surface area contributed by atoms with Gasteiger partial charge in [-0.3, -0.25) is 4.90 Å². The molecule has 1 fully saturated rings. The lowest BCUT2D eigenvalue weighted by atomic mass is 9.97. The van der Waals surface area contributed by atoms with E-state index in [0.29, 0.717) is 6.04 Å². The molecule has 118 valence electrons. The van der Waals surface area contributed by atoms with Gasteiger partial charge in [0.25, 0.3) is 0 Å². The summed E-state index contributed by atoms with van der Waals surface area (Å²) in [5.41, 5.74) is 3.40. The molecule has 2 nitrogen and oxygen atoms in total. The molecule has 2 heteroatoms. The highest BCUT2D eigenvalue weighted by Crippen LogP contribution is 2.36.